The van der Waals surface area contributed by atoms with Crippen molar-refractivity contribution >= 4 is 45.0 Å². The Balaban J connectivity index is 1.48. The number of nitrogens with one attached hydrogen (secondary N) is 1. The van der Waals surface area contributed by atoms with Crippen molar-refractivity contribution < 1.29 is 4.79 Å². The van der Waals surface area contributed by atoms with Crippen LogP contribution in [0.5, 0.6) is 0 Å². The first-order chi connectivity index (χ1) is 13.2. The Morgan fingerprint density at radius 2 is 2.19 bits per heavy atom. The normalized spacial score (nSPS) is 13.3. The second kappa shape index (κ2) is 7.75. The maximum absolute atomic E-state index is 12.5. The Hall–Kier alpha value is -2.30. The van der Waals surface area contributed by atoms with Crippen LogP contribution in [-0.4, -0.2) is 21.2 Å². The van der Waals surface area contributed by atoms with E-state index >= 15 is 0 Å². The Morgan fingerprint density at radius 3 is 3.00 bits per heavy atom. The molecule has 1 N–H and O–H groups in total. The molecule has 0 atom stereocenters. The number of hydrogen-bond donors (Lipinski definition) is 1. The summed E-state index contributed by atoms with van der Waals surface area (Å²) in [7, 11) is 0. The predicted molar refractivity (Wildman–Crippen MR) is 110 cm³/mol. The topological polar surface area (TPSA) is 70.7 Å². The van der Waals surface area contributed by atoms with Crippen LogP contribution in [0.3, 0.4) is 0 Å². The number of nitriles is 1. The van der Waals surface area contributed by atoms with Gasteiger partial charge in [-0.15, -0.1) is 11.3 Å². The minimum absolute atomic E-state index is 0.0928. The largest absolute Gasteiger partial charge is 0.319 e. The van der Waals surface area contributed by atoms with Gasteiger partial charge in [0.15, 0.2) is 5.16 Å². The highest BCUT2D eigenvalue weighted by molar-refractivity contribution is 7.99. The van der Waals surface area contributed by atoms with Gasteiger partial charge in [-0.1, -0.05) is 23.9 Å². The predicted octanol–water partition coefficient (Wildman–Crippen LogP) is 4.60. The Labute approximate surface area is 166 Å². The van der Waals surface area contributed by atoms with E-state index in [-0.39, 0.29) is 11.7 Å². The Bertz CT molecular complexity index is 1040. The van der Waals surface area contributed by atoms with E-state index in [1.807, 2.05) is 24.3 Å². The molecule has 5 nitrogen and oxygen atoms in total. The second-order valence-corrected chi connectivity index (χ2v) is 8.54. The molecule has 0 radical (unpaired) electrons. The highest BCUT2D eigenvalue weighted by atomic mass is 32.2. The van der Waals surface area contributed by atoms with Gasteiger partial charge in [-0.25, -0.2) is 4.98 Å². The van der Waals surface area contributed by atoms with Gasteiger partial charge in [-0.2, -0.15) is 5.26 Å². The molecule has 1 aromatic carbocycles. The number of thioether (sulfide) groups is 1. The maximum atomic E-state index is 12.5. The molecular formula is C20H20N4OS2. The van der Waals surface area contributed by atoms with Crippen LogP contribution < -0.4 is 5.32 Å². The molecule has 2 aromatic heterocycles. The summed E-state index contributed by atoms with van der Waals surface area (Å²) >= 11 is 3.00. The molecule has 0 unspecified atom stereocenters. The summed E-state index contributed by atoms with van der Waals surface area (Å²) in [6, 6.07) is 10.3. The van der Waals surface area contributed by atoms with Crippen molar-refractivity contribution in [2.75, 3.05) is 11.1 Å². The monoisotopic (exact) mass is 396 g/mol. The summed E-state index contributed by atoms with van der Waals surface area (Å²) in [6.45, 7) is 2.88. The molecule has 0 saturated carbocycles. The second-order valence-electron chi connectivity index (χ2n) is 6.49. The van der Waals surface area contributed by atoms with Gasteiger partial charge >= 0.3 is 0 Å². The van der Waals surface area contributed by atoms with Crippen molar-refractivity contribution in [2.24, 2.45) is 0 Å². The molecule has 0 spiro atoms. The van der Waals surface area contributed by atoms with E-state index in [9.17, 15) is 10.1 Å². The molecule has 3 aromatic rings. The summed E-state index contributed by atoms with van der Waals surface area (Å²) in [5, 5.41) is 14.0. The number of aromatic nitrogens is 2. The number of aryl methyl sites for hydroxylation is 2. The molecular weight excluding hydrogens is 376 g/mol. The molecule has 4 rings (SSSR count). The first-order valence-electron chi connectivity index (χ1n) is 9.13. The number of carbonyl (C=O) groups excluding carboxylic acids is 1. The highest BCUT2D eigenvalue weighted by Crippen LogP contribution is 2.37. The smallest absolute Gasteiger partial charge is 0.235 e. The number of thiophene rings is 1. The van der Waals surface area contributed by atoms with Crippen LogP contribution >= 0.6 is 23.1 Å². The molecule has 1 amide bonds. The standard InChI is InChI=1S/C20H20N4OS2/c1-2-24-16-9-5-4-8-15(16)22-20(24)26-12-18(25)23-19-14(11-21)13-7-3-6-10-17(13)27-19/h4-5,8-9H,2-3,6-7,10,12H2,1H3,(H,23,25). The highest BCUT2D eigenvalue weighted by Gasteiger charge is 2.22. The minimum atomic E-state index is -0.0928. The molecule has 0 fully saturated rings. The van der Waals surface area contributed by atoms with Crippen molar-refractivity contribution in [1.29, 1.82) is 5.26 Å². The number of anilines is 1. The Kier molecular flexibility index (Phi) is 5.19. The number of carbonyl (C=O) groups is 1. The van der Waals surface area contributed by atoms with Gasteiger partial charge in [-0.3, -0.25) is 4.79 Å². The van der Waals surface area contributed by atoms with Crippen molar-refractivity contribution in [3.05, 3.63) is 40.3 Å². The average Bonchev–Trinajstić information content (AvgIpc) is 3.23. The Morgan fingerprint density at radius 1 is 1.37 bits per heavy atom. The van der Waals surface area contributed by atoms with Crippen LogP contribution in [0.1, 0.15) is 35.8 Å². The zero-order valence-electron chi connectivity index (χ0n) is 15.1. The van der Waals surface area contributed by atoms with Crippen molar-refractivity contribution in [1.82, 2.24) is 9.55 Å². The molecule has 1 aliphatic rings. The van der Waals surface area contributed by atoms with E-state index in [0.717, 1.165) is 54.0 Å². The lowest BCUT2D eigenvalue weighted by molar-refractivity contribution is -0.113. The fourth-order valence-corrected chi connectivity index (χ4v) is 5.67. The SMILES string of the molecule is CCn1c(SCC(=O)Nc2sc3c(c2C#N)CCCC3)nc2ccccc21. The first-order valence-corrected chi connectivity index (χ1v) is 10.9. The molecule has 0 bridgehead atoms. The van der Waals surface area contributed by atoms with Crippen molar-refractivity contribution in [3.8, 4) is 6.07 Å². The van der Waals surface area contributed by atoms with Crippen LogP contribution in [0.25, 0.3) is 11.0 Å². The third kappa shape index (κ3) is 3.47. The van der Waals surface area contributed by atoms with Gasteiger partial charge in [-0.05, 0) is 50.3 Å². The molecule has 27 heavy (non-hydrogen) atoms. The quantitative estimate of drug-likeness (QED) is 0.640. The molecule has 7 heteroatoms. The van der Waals surface area contributed by atoms with Gasteiger partial charge in [0.1, 0.15) is 11.1 Å². The number of amides is 1. The molecule has 0 aliphatic heterocycles. The van der Waals surface area contributed by atoms with Crippen LogP contribution in [-0.2, 0) is 24.2 Å². The third-order valence-electron chi connectivity index (χ3n) is 4.80. The summed E-state index contributed by atoms with van der Waals surface area (Å²) in [5.74, 6) is 0.182. The summed E-state index contributed by atoms with van der Waals surface area (Å²) in [6.07, 6.45) is 4.24. The van der Waals surface area contributed by atoms with Gasteiger partial charge in [0.05, 0.1) is 22.3 Å². The van der Waals surface area contributed by atoms with E-state index < -0.39 is 0 Å². The molecule has 138 valence electrons. The lowest BCUT2D eigenvalue weighted by Gasteiger charge is -2.09. The van der Waals surface area contributed by atoms with Gasteiger partial charge in [0, 0.05) is 11.4 Å². The van der Waals surface area contributed by atoms with E-state index in [2.05, 4.69) is 27.9 Å². The van der Waals surface area contributed by atoms with Crippen LogP contribution in [0, 0.1) is 11.3 Å². The number of nitrogens with zero attached hydrogens (tertiary/aromatic N) is 3. The number of benzene rings is 1. The number of hydrogen-bond acceptors (Lipinski definition) is 5. The fraction of sp³-hybridized carbons (Fsp3) is 0.350. The van der Waals surface area contributed by atoms with Crippen LogP contribution in [0.4, 0.5) is 5.00 Å². The molecule has 0 saturated heterocycles. The van der Waals surface area contributed by atoms with Gasteiger partial charge in [0.25, 0.3) is 0 Å². The number of rotatable bonds is 5. The first kappa shape index (κ1) is 18.1. The fourth-order valence-electron chi connectivity index (χ4n) is 3.53. The van der Waals surface area contributed by atoms with E-state index in [1.165, 1.54) is 16.6 Å². The van der Waals surface area contributed by atoms with Crippen LogP contribution in [0.15, 0.2) is 29.4 Å². The van der Waals surface area contributed by atoms with Gasteiger partial charge in [0.2, 0.25) is 5.91 Å². The summed E-state index contributed by atoms with van der Waals surface area (Å²) in [4.78, 5) is 18.4. The van der Waals surface area contributed by atoms with E-state index in [4.69, 9.17) is 0 Å². The number of para-hydroxylation sites is 2. The average molecular weight is 397 g/mol. The molecule has 1 aliphatic carbocycles. The zero-order chi connectivity index (χ0) is 18.8. The maximum Gasteiger partial charge on any atom is 0.235 e. The van der Waals surface area contributed by atoms with E-state index in [0.29, 0.717) is 10.6 Å². The number of fused-ring (bicyclic) bond motifs is 2. The summed E-state index contributed by atoms with van der Waals surface area (Å²) in [5.41, 5.74) is 3.83. The van der Waals surface area contributed by atoms with E-state index in [1.54, 1.807) is 11.3 Å². The van der Waals surface area contributed by atoms with Crippen molar-refractivity contribution in [3.63, 3.8) is 0 Å². The van der Waals surface area contributed by atoms with Crippen LogP contribution in [0.2, 0.25) is 0 Å². The van der Waals surface area contributed by atoms with Gasteiger partial charge < -0.3 is 9.88 Å². The third-order valence-corrected chi connectivity index (χ3v) is 6.99. The zero-order valence-corrected chi connectivity index (χ0v) is 16.8. The number of imidazole rings is 1. The van der Waals surface area contributed by atoms with Crippen molar-refractivity contribution in [2.45, 2.75) is 44.3 Å². The minimum Gasteiger partial charge on any atom is -0.319 e. The lowest BCUT2D eigenvalue weighted by atomic mass is 9.96. The summed E-state index contributed by atoms with van der Waals surface area (Å²) < 4.78 is 2.12. The molecule has 2 heterocycles. The lowest BCUT2D eigenvalue weighted by Crippen LogP contribution is -2.14.